The van der Waals surface area contributed by atoms with Crippen molar-refractivity contribution in [2.24, 2.45) is 13.0 Å². The van der Waals surface area contributed by atoms with E-state index in [-0.39, 0.29) is 41.5 Å². The number of carbonyl (C=O) groups excluding carboxylic acids is 1. The molecule has 9 heteroatoms. The van der Waals surface area contributed by atoms with Gasteiger partial charge in [0.25, 0.3) is 5.56 Å². The van der Waals surface area contributed by atoms with Crippen molar-refractivity contribution in [1.82, 2.24) is 19.1 Å². The Bertz CT molecular complexity index is 1040. The Hall–Kier alpha value is -2.99. The molecule has 0 amide bonds. The van der Waals surface area contributed by atoms with Crippen molar-refractivity contribution in [3.8, 4) is 11.8 Å². The lowest BCUT2D eigenvalue weighted by Crippen LogP contribution is -2.40. The Kier molecular flexibility index (Phi) is 6.47. The first-order valence-electron chi connectivity index (χ1n) is 8.49. The van der Waals surface area contributed by atoms with E-state index in [0.717, 1.165) is 4.57 Å². The highest BCUT2D eigenvalue weighted by molar-refractivity contribution is 5.70. The summed E-state index contributed by atoms with van der Waals surface area (Å²) in [6.45, 7) is 5.23. The molecule has 0 aliphatic rings. The van der Waals surface area contributed by atoms with E-state index < -0.39 is 23.8 Å². The minimum Gasteiger partial charge on any atom is -0.465 e. The third kappa shape index (κ3) is 4.60. The van der Waals surface area contributed by atoms with Gasteiger partial charge in [-0.15, -0.1) is 0 Å². The van der Waals surface area contributed by atoms with Crippen LogP contribution >= 0.6 is 0 Å². The standard InChI is InChI=1S/C18H22N4O5/c1-11(2)9-22-16-15(17(25)21(4)18(22)26)19-13(14(10-23)20-16)7-5-6-8-27-12(3)24/h11,23H,6,8-10H2,1-4H3. The van der Waals surface area contributed by atoms with Crippen LogP contribution < -0.4 is 11.2 Å². The fraction of sp³-hybridized carbons (Fsp3) is 0.500. The predicted octanol–water partition coefficient (Wildman–Crippen LogP) is -0.0568. The average Bonchev–Trinajstić information content (AvgIpc) is 2.62. The number of esters is 1. The van der Waals surface area contributed by atoms with Gasteiger partial charge in [-0.2, -0.15) is 0 Å². The van der Waals surface area contributed by atoms with Crippen LogP contribution in [0.2, 0.25) is 0 Å². The Morgan fingerprint density at radius 1 is 1.30 bits per heavy atom. The van der Waals surface area contributed by atoms with Gasteiger partial charge in [0, 0.05) is 26.9 Å². The van der Waals surface area contributed by atoms with E-state index in [1.165, 1.54) is 18.5 Å². The second kappa shape index (κ2) is 8.60. The molecule has 0 aliphatic carbocycles. The zero-order chi connectivity index (χ0) is 20.1. The Morgan fingerprint density at radius 2 is 2.00 bits per heavy atom. The lowest BCUT2D eigenvalue weighted by Gasteiger charge is -2.13. The quantitative estimate of drug-likeness (QED) is 0.443. The Balaban J connectivity index is 2.59. The molecule has 0 radical (unpaired) electrons. The zero-order valence-corrected chi connectivity index (χ0v) is 15.8. The number of ether oxygens (including phenoxy) is 1. The minimum atomic E-state index is -0.574. The van der Waals surface area contributed by atoms with Gasteiger partial charge >= 0.3 is 11.7 Å². The maximum atomic E-state index is 12.5. The summed E-state index contributed by atoms with van der Waals surface area (Å²) in [4.78, 5) is 44.2. The van der Waals surface area contributed by atoms with Gasteiger partial charge in [-0.1, -0.05) is 19.8 Å². The van der Waals surface area contributed by atoms with Crippen molar-refractivity contribution >= 4 is 17.1 Å². The molecule has 2 aromatic rings. The lowest BCUT2D eigenvalue weighted by molar-refractivity contribution is -0.140. The van der Waals surface area contributed by atoms with Gasteiger partial charge < -0.3 is 9.84 Å². The molecule has 0 aromatic carbocycles. The van der Waals surface area contributed by atoms with Crippen LogP contribution in [0.5, 0.6) is 0 Å². The molecule has 0 saturated carbocycles. The van der Waals surface area contributed by atoms with E-state index >= 15 is 0 Å². The van der Waals surface area contributed by atoms with Crippen molar-refractivity contribution in [3.63, 3.8) is 0 Å². The second-order valence-electron chi connectivity index (χ2n) is 6.39. The van der Waals surface area contributed by atoms with Crippen LogP contribution in [0.4, 0.5) is 0 Å². The third-order valence-electron chi connectivity index (χ3n) is 3.67. The van der Waals surface area contributed by atoms with Crippen molar-refractivity contribution in [2.45, 2.75) is 40.3 Å². The summed E-state index contributed by atoms with van der Waals surface area (Å²) in [5, 5.41) is 9.61. The number of rotatable bonds is 5. The molecule has 2 aromatic heterocycles. The first-order valence-corrected chi connectivity index (χ1v) is 8.49. The molecule has 0 aliphatic heterocycles. The molecular formula is C18H22N4O5. The van der Waals surface area contributed by atoms with E-state index in [0.29, 0.717) is 6.54 Å². The molecular weight excluding hydrogens is 352 g/mol. The van der Waals surface area contributed by atoms with Gasteiger partial charge in [0.2, 0.25) is 0 Å². The van der Waals surface area contributed by atoms with Crippen LogP contribution in [0.1, 0.15) is 38.6 Å². The molecule has 0 atom stereocenters. The van der Waals surface area contributed by atoms with E-state index in [1.807, 2.05) is 13.8 Å². The van der Waals surface area contributed by atoms with Gasteiger partial charge in [-0.25, -0.2) is 14.8 Å². The summed E-state index contributed by atoms with van der Waals surface area (Å²) in [5.74, 6) is 5.26. The molecule has 0 saturated heterocycles. The highest BCUT2D eigenvalue weighted by Crippen LogP contribution is 2.10. The highest BCUT2D eigenvalue weighted by Gasteiger charge is 2.17. The molecule has 0 bridgehead atoms. The number of hydrogen-bond acceptors (Lipinski definition) is 7. The topological polar surface area (TPSA) is 116 Å². The van der Waals surface area contributed by atoms with E-state index in [2.05, 4.69) is 21.8 Å². The Morgan fingerprint density at radius 3 is 2.59 bits per heavy atom. The average molecular weight is 374 g/mol. The number of carbonyl (C=O) groups is 1. The van der Waals surface area contributed by atoms with Gasteiger partial charge in [0.1, 0.15) is 18.0 Å². The Labute approximate surface area is 155 Å². The second-order valence-corrected chi connectivity index (χ2v) is 6.39. The van der Waals surface area contributed by atoms with E-state index in [1.54, 1.807) is 0 Å². The largest absolute Gasteiger partial charge is 0.465 e. The number of fused-ring (bicyclic) bond motifs is 1. The van der Waals surface area contributed by atoms with Crippen molar-refractivity contribution < 1.29 is 14.6 Å². The molecule has 2 heterocycles. The number of aromatic nitrogens is 4. The zero-order valence-electron chi connectivity index (χ0n) is 15.8. The number of nitrogens with zero attached hydrogens (tertiary/aromatic N) is 4. The minimum absolute atomic E-state index is 0.0132. The van der Waals surface area contributed by atoms with Crippen LogP contribution in [0.15, 0.2) is 9.59 Å². The van der Waals surface area contributed by atoms with E-state index in [4.69, 9.17) is 4.74 Å². The summed E-state index contributed by atoms with van der Waals surface area (Å²) in [7, 11) is 1.38. The fourth-order valence-corrected chi connectivity index (χ4v) is 2.44. The molecule has 2 rings (SSSR count). The van der Waals surface area contributed by atoms with Crippen molar-refractivity contribution in [1.29, 1.82) is 0 Å². The van der Waals surface area contributed by atoms with Gasteiger partial charge in [-0.3, -0.25) is 18.7 Å². The summed E-state index contributed by atoms with van der Waals surface area (Å²) in [6.07, 6.45) is 0.273. The first kappa shape index (κ1) is 20.3. The maximum Gasteiger partial charge on any atom is 0.332 e. The number of aliphatic hydroxyl groups is 1. The predicted molar refractivity (Wildman–Crippen MR) is 97.9 cm³/mol. The summed E-state index contributed by atoms with van der Waals surface area (Å²) < 4.78 is 7.15. The highest BCUT2D eigenvalue weighted by atomic mass is 16.5. The smallest absolute Gasteiger partial charge is 0.332 e. The van der Waals surface area contributed by atoms with E-state index in [9.17, 15) is 19.5 Å². The normalized spacial score (nSPS) is 10.7. The summed E-state index contributed by atoms with van der Waals surface area (Å²) >= 11 is 0. The summed E-state index contributed by atoms with van der Waals surface area (Å²) in [6, 6.07) is 0. The molecule has 1 N–H and O–H groups in total. The van der Waals surface area contributed by atoms with Crippen molar-refractivity contribution in [3.05, 3.63) is 32.2 Å². The molecule has 27 heavy (non-hydrogen) atoms. The fourth-order valence-electron chi connectivity index (χ4n) is 2.44. The molecule has 0 unspecified atom stereocenters. The van der Waals surface area contributed by atoms with Crippen LogP contribution in [0.3, 0.4) is 0 Å². The maximum absolute atomic E-state index is 12.5. The van der Waals surface area contributed by atoms with Gasteiger partial charge in [0.05, 0.1) is 6.61 Å². The van der Waals surface area contributed by atoms with Crippen LogP contribution in [-0.4, -0.2) is 36.8 Å². The first-order chi connectivity index (χ1) is 12.8. The number of hydrogen-bond donors (Lipinski definition) is 1. The lowest BCUT2D eigenvalue weighted by atomic mass is 10.2. The molecule has 144 valence electrons. The van der Waals surface area contributed by atoms with Crippen molar-refractivity contribution in [2.75, 3.05) is 6.61 Å². The molecule has 0 spiro atoms. The van der Waals surface area contributed by atoms with Crippen LogP contribution in [0, 0.1) is 17.8 Å². The monoisotopic (exact) mass is 374 g/mol. The third-order valence-corrected chi connectivity index (χ3v) is 3.67. The van der Waals surface area contributed by atoms with Gasteiger partial charge in [0.15, 0.2) is 11.2 Å². The van der Waals surface area contributed by atoms with Crippen LogP contribution in [-0.2, 0) is 29.7 Å². The molecule has 0 fully saturated rings. The molecule has 9 nitrogen and oxygen atoms in total. The van der Waals surface area contributed by atoms with Gasteiger partial charge in [-0.05, 0) is 11.8 Å². The SMILES string of the molecule is CC(=O)OCCC#Cc1nc2c(=O)n(C)c(=O)n(CC(C)C)c2nc1CO. The summed E-state index contributed by atoms with van der Waals surface area (Å²) in [5.41, 5.74) is -0.590. The number of aliphatic hydroxyl groups excluding tert-OH is 1. The van der Waals surface area contributed by atoms with Crippen LogP contribution in [0.25, 0.3) is 11.2 Å².